The lowest BCUT2D eigenvalue weighted by atomic mass is 10.2. The number of rotatable bonds is 4. The van der Waals surface area contributed by atoms with Crippen molar-refractivity contribution < 1.29 is 28.2 Å². The highest BCUT2D eigenvalue weighted by Crippen LogP contribution is 1.97. The molecule has 2 N–H and O–H groups in total. The molecule has 0 rings (SSSR count). The summed E-state index contributed by atoms with van der Waals surface area (Å²) in [5, 5.41) is 16.4. The second-order valence-electron chi connectivity index (χ2n) is 1.77. The van der Waals surface area contributed by atoms with E-state index < -0.39 is 34.9 Å². The fraction of sp³-hybridized carbons (Fsp3) is 0.500. The average Bonchev–Trinajstić information content (AvgIpc) is 1.83. The van der Waals surface area contributed by atoms with Crippen molar-refractivity contribution in [2.24, 2.45) is 4.36 Å². The van der Waals surface area contributed by atoms with Crippen LogP contribution in [0.25, 0.3) is 0 Å². The summed E-state index contributed by atoms with van der Waals surface area (Å²) in [6, 6.07) is -1.74. The van der Waals surface area contributed by atoms with E-state index in [4.69, 9.17) is 10.2 Å². The van der Waals surface area contributed by atoms with Crippen LogP contribution < -0.4 is 0 Å². The van der Waals surface area contributed by atoms with E-state index >= 15 is 0 Å². The van der Waals surface area contributed by atoms with Crippen LogP contribution in [-0.4, -0.2) is 36.6 Å². The van der Waals surface area contributed by atoms with Crippen molar-refractivity contribution >= 4 is 22.4 Å². The van der Waals surface area contributed by atoms with Gasteiger partial charge < -0.3 is 10.2 Å². The molecule has 0 saturated heterocycles. The fourth-order valence-electron chi connectivity index (χ4n) is 0.439. The highest BCUT2D eigenvalue weighted by atomic mass is 32.2. The van der Waals surface area contributed by atoms with E-state index in [9.17, 15) is 18.0 Å². The molecule has 0 fully saturated rings. The standard InChI is InChI=1S/C4H5NO6S/c6-3(7)1-2(4(8)9)5-12(10)11/h2H,1H2,(H,6,7)(H,8,9)/t2-/m1/s1. The van der Waals surface area contributed by atoms with Crippen LogP contribution in [0.4, 0.5) is 0 Å². The van der Waals surface area contributed by atoms with Crippen molar-refractivity contribution in [1.29, 1.82) is 0 Å². The largest absolute Gasteiger partial charge is 0.481 e. The molecule has 0 unspecified atom stereocenters. The Morgan fingerprint density at radius 1 is 1.33 bits per heavy atom. The summed E-state index contributed by atoms with van der Waals surface area (Å²) in [6.45, 7) is 0. The molecule has 0 bridgehead atoms. The van der Waals surface area contributed by atoms with Gasteiger partial charge >= 0.3 is 22.4 Å². The number of carboxylic acids is 2. The van der Waals surface area contributed by atoms with Crippen molar-refractivity contribution in [2.75, 3.05) is 0 Å². The smallest absolute Gasteiger partial charge is 0.330 e. The summed E-state index contributed by atoms with van der Waals surface area (Å²) >= 11 is 0. The molecule has 0 aromatic heterocycles. The van der Waals surface area contributed by atoms with Gasteiger partial charge in [-0.2, -0.15) is 12.8 Å². The third kappa shape index (κ3) is 4.39. The SMILES string of the molecule is O=C(O)C[C@@H](N=S(=O)=O)C(=O)O. The maximum atomic E-state index is 10.1. The summed E-state index contributed by atoms with van der Waals surface area (Å²) in [7, 11) is -2.90. The lowest BCUT2D eigenvalue weighted by Gasteiger charge is -1.98. The van der Waals surface area contributed by atoms with Crippen LogP contribution in [-0.2, 0) is 20.1 Å². The first-order valence-electron chi connectivity index (χ1n) is 2.68. The first-order chi connectivity index (χ1) is 5.43. The van der Waals surface area contributed by atoms with Gasteiger partial charge in [-0.1, -0.05) is 0 Å². The van der Waals surface area contributed by atoms with Crippen LogP contribution >= 0.6 is 0 Å². The molecule has 0 aliphatic heterocycles. The zero-order valence-electron chi connectivity index (χ0n) is 5.67. The second-order valence-corrected chi connectivity index (χ2v) is 2.42. The Kier molecular flexibility index (Phi) is 3.91. The normalized spacial score (nSPS) is 11.7. The van der Waals surface area contributed by atoms with Crippen LogP contribution in [0.3, 0.4) is 0 Å². The van der Waals surface area contributed by atoms with Crippen LogP contribution in [0.1, 0.15) is 6.42 Å². The molecule has 12 heavy (non-hydrogen) atoms. The first kappa shape index (κ1) is 10.6. The summed E-state index contributed by atoms with van der Waals surface area (Å²) < 4.78 is 22.4. The van der Waals surface area contributed by atoms with Crippen molar-refractivity contribution in [3.8, 4) is 0 Å². The molecule has 0 spiro atoms. The van der Waals surface area contributed by atoms with Crippen molar-refractivity contribution in [3.05, 3.63) is 0 Å². The van der Waals surface area contributed by atoms with Gasteiger partial charge in [-0.05, 0) is 0 Å². The number of hydrogen-bond donors (Lipinski definition) is 2. The minimum Gasteiger partial charge on any atom is -0.481 e. The van der Waals surface area contributed by atoms with Gasteiger partial charge in [0.15, 0.2) is 6.04 Å². The second kappa shape index (κ2) is 4.44. The van der Waals surface area contributed by atoms with Crippen molar-refractivity contribution in [3.63, 3.8) is 0 Å². The Bertz CT molecular complexity index is 308. The number of aliphatic carboxylic acids is 2. The molecule has 0 radical (unpaired) electrons. The number of hydrogen-bond acceptors (Lipinski definition) is 5. The molecule has 0 saturated carbocycles. The number of nitrogens with zero attached hydrogens (tertiary/aromatic N) is 1. The maximum Gasteiger partial charge on any atom is 0.330 e. The van der Waals surface area contributed by atoms with E-state index in [2.05, 4.69) is 4.36 Å². The van der Waals surface area contributed by atoms with Gasteiger partial charge in [-0.25, -0.2) is 4.79 Å². The van der Waals surface area contributed by atoms with E-state index in [1.54, 1.807) is 0 Å². The third-order valence-corrected chi connectivity index (χ3v) is 1.29. The van der Waals surface area contributed by atoms with Crippen LogP contribution in [0.15, 0.2) is 4.36 Å². The molecule has 8 heteroatoms. The van der Waals surface area contributed by atoms with E-state index in [1.807, 2.05) is 0 Å². The van der Waals surface area contributed by atoms with E-state index in [-0.39, 0.29) is 0 Å². The van der Waals surface area contributed by atoms with Crippen LogP contribution in [0.2, 0.25) is 0 Å². The summed E-state index contributed by atoms with van der Waals surface area (Å²) in [5.41, 5.74) is 0. The molecular formula is C4H5NO6S. The predicted octanol–water partition coefficient (Wildman–Crippen LogP) is -1.02. The number of carbonyl (C=O) groups is 2. The summed E-state index contributed by atoms with van der Waals surface area (Å²) in [4.78, 5) is 20.1. The molecule has 0 aromatic rings. The Labute approximate surface area is 68.3 Å². The van der Waals surface area contributed by atoms with Gasteiger partial charge in [-0.3, -0.25) is 4.79 Å². The first-order valence-corrected chi connectivity index (χ1v) is 3.71. The van der Waals surface area contributed by atoms with E-state index in [0.717, 1.165) is 0 Å². The fourth-order valence-corrected chi connectivity index (χ4v) is 0.811. The van der Waals surface area contributed by atoms with Gasteiger partial charge in [0.1, 0.15) is 0 Å². The van der Waals surface area contributed by atoms with Crippen LogP contribution in [0, 0.1) is 0 Å². The molecule has 68 valence electrons. The maximum absolute atomic E-state index is 10.1. The van der Waals surface area contributed by atoms with Crippen LogP contribution in [0.5, 0.6) is 0 Å². The zero-order valence-corrected chi connectivity index (χ0v) is 6.48. The molecule has 0 aromatic carbocycles. The lowest BCUT2D eigenvalue weighted by molar-refractivity contribution is -0.144. The molecule has 0 heterocycles. The molecule has 0 amide bonds. The lowest BCUT2D eigenvalue weighted by Crippen LogP contribution is -2.21. The quantitative estimate of drug-likeness (QED) is 0.591. The highest BCUT2D eigenvalue weighted by molar-refractivity contribution is 7.61. The highest BCUT2D eigenvalue weighted by Gasteiger charge is 2.20. The average molecular weight is 195 g/mol. The molecular weight excluding hydrogens is 190 g/mol. The number of carboxylic acid groups (broad SMARTS) is 2. The van der Waals surface area contributed by atoms with Gasteiger partial charge in [0.05, 0.1) is 6.42 Å². The summed E-state index contributed by atoms with van der Waals surface area (Å²) in [6.07, 6.45) is -0.844. The van der Waals surface area contributed by atoms with Gasteiger partial charge in [0.2, 0.25) is 0 Å². The zero-order chi connectivity index (χ0) is 9.72. The molecule has 0 aliphatic carbocycles. The van der Waals surface area contributed by atoms with Crippen molar-refractivity contribution in [2.45, 2.75) is 12.5 Å². The van der Waals surface area contributed by atoms with Gasteiger partial charge in [0.25, 0.3) is 0 Å². The van der Waals surface area contributed by atoms with Crippen molar-refractivity contribution in [1.82, 2.24) is 0 Å². The Morgan fingerprint density at radius 3 is 2.08 bits per heavy atom. The van der Waals surface area contributed by atoms with E-state index in [1.165, 1.54) is 0 Å². The van der Waals surface area contributed by atoms with Gasteiger partial charge in [0, 0.05) is 0 Å². The van der Waals surface area contributed by atoms with Gasteiger partial charge in [-0.15, -0.1) is 0 Å². The third-order valence-electron chi connectivity index (χ3n) is 0.866. The Hall–Kier alpha value is -1.44. The summed E-state index contributed by atoms with van der Waals surface area (Å²) in [5.74, 6) is -3.00. The molecule has 0 aliphatic rings. The monoisotopic (exact) mass is 195 g/mol. The minimum absolute atomic E-state index is 0.844. The molecule has 1 atom stereocenters. The topological polar surface area (TPSA) is 121 Å². The van der Waals surface area contributed by atoms with E-state index in [0.29, 0.717) is 0 Å². The molecule has 7 nitrogen and oxygen atoms in total. The Balaban J connectivity index is 4.57. The Morgan fingerprint density at radius 2 is 1.83 bits per heavy atom. The minimum atomic E-state index is -2.90. The predicted molar refractivity (Wildman–Crippen MR) is 35.0 cm³/mol.